The van der Waals surface area contributed by atoms with E-state index in [2.05, 4.69) is 46.8 Å². The molecule has 0 radical (unpaired) electrons. The van der Waals surface area contributed by atoms with Crippen molar-refractivity contribution in [3.63, 3.8) is 0 Å². The third-order valence-electron chi connectivity index (χ3n) is 6.73. The summed E-state index contributed by atoms with van der Waals surface area (Å²) in [5, 5.41) is 1.11. The summed E-state index contributed by atoms with van der Waals surface area (Å²) >= 11 is 0. The number of rotatable bonds is 5. The number of nitrogen functional groups attached to an aromatic ring is 1. The lowest BCUT2D eigenvalue weighted by Crippen LogP contribution is -2.32. The molecule has 1 heterocycles. The second-order valence-corrected chi connectivity index (χ2v) is 8.78. The summed E-state index contributed by atoms with van der Waals surface area (Å²) in [6.45, 7) is 12.3. The van der Waals surface area contributed by atoms with Gasteiger partial charge in [0, 0.05) is 29.0 Å². The van der Waals surface area contributed by atoms with Crippen LogP contribution in [0.3, 0.4) is 0 Å². The molecule has 32 heavy (non-hydrogen) atoms. The highest BCUT2D eigenvalue weighted by molar-refractivity contribution is 6.00. The maximum atomic E-state index is 7.58. The van der Waals surface area contributed by atoms with Crippen molar-refractivity contribution in [1.82, 2.24) is 4.57 Å². The number of nitrogens with zero attached hydrogens (tertiary/aromatic N) is 2. The van der Waals surface area contributed by atoms with Crippen LogP contribution in [0.1, 0.15) is 35.6 Å². The van der Waals surface area contributed by atoms with E-state index >= 15 is 0 Å². The van der Waals surface area contributed by atoms with Gasteiger partial charge in [0.25, 0.3) is 0 Å². The van der Waals surface area contributed by atoms with Gasteiger partial charge in [-0.05, 0) is 72.5 Å². The Labute approximate surface area is 189 Å². The van der Waals surface area contributed by atoms with Crippen LogP contribution in [0.4, 0.5) is 11.4 Å². The van der Waals surface area contributed by atoms with Gasteiger partial charge in [-0.3, -0.25) is 0 Å². The lowest BCUT2D eigenvalue weighted by molar-refractivity contribution is -0.0346. The third kappa shape index (κ3) is 3.55. The normalized spacial score (nSPS) is 17.8. The number of hydrogen-bond donors (Lipinski definition) is 1. The van der Waals surface area contributed by atoms with Crippen LogP contribution in [0.15, 0.2) is 66.9 Å². The third-order valence-corrected chi connectivity index (χ3v) is 6.73. The van der Waals surface area contributed by atoms with Crippen molar-refractivity contribution in [1.29, 1.82) is 0 Å². The number of hydrogen-bond acceptors (Lipinski definition) is 2. The highest BCUT2D eigenvalue weighted by Gasteiger charge is 2.32. The largest absolute Gasteiger partial charge is 0.398 e. The molecule has 0 bridgehead atoms. The topological polar surface area (TPSA) is 44.5 Å². The molecule has 2 N–H and O–H groups in total. The van der Waals surface area contributed by atoms with Gasteiger partial charge in [-0.1, -0.05) is 42.5 Å². The average molecular weight is 422 g/mol. The van der Waals surface area contributed by atoms with E-state index in [-0.39, 0.29) is 6.10 Å². The Morgan fingerprint density at radius 1 is 1.03 bits per heavy atom. The molecule has 1 saturated carbocycles. The van der Waals surface area contributed by atoms with Crippen LogP contribution >= 0.6 is 0 Å². The van der Waals surface area contributed by atoms with Gasteiger partial charge >= 0.3 is 0 Å². The van der Waals surface area contributed by atoms with Gasteiger partial charge in [-0.25, -0.2) is 4.85 Å². The molecule has 1 aliphatic carbocycles. The quantitative estimate of drug-likeness (QED) is 0.279. The van der Waals surface area contributed by atoms with Crippen LogP contribution < -0.4 is 5.73 Å². The molecular formula is C28H27N3O. The molecule has 0 unspecified atom stereocenters. The number of ether oxygens (including phenoxy) is 1. The zero-order chi connectivity index (χ0) is 22.2. The summed E-state index contributed by atoms with van der Waals surface area (Å²) in [6.07, 6.45) is 4.52. The van der Waals surface area contributed by atoms with E-state index in [9.17, 15) is 0 Å². The second kappa shape index (κ2) is 8.18. The summed E-state index contributed by atoms with van der Waals surface area (Å²) in [5.74, 6) is 0. The summed E-state index contributed by atoms with van der Waals surface area (Å²) in [6, 6.07) is 21.0. The molecule has 4 nitrogen and oxygen atoms in total. The Kier molecular flexibility index (Phi) is 5.20. The zero-order valence-corrected chi connectivity index (χ0v) is 18.5. The number of fused-ring (bicyclic) bond motifs is 1. The van der Waals surface area contributed by atoms with Gasteiger partial charge in [0.2, 0.25) is 0 Å². The highest BCUT2D eigenvalue weighted by Crippen LogP contribution is 2.43. The van der Waals surface area contributed by atoms with Gasteiger partial charge in [0.1, 0.15) is 0 Å². The average Bonchev–Trinajstić information content (AvgIpc) is 3.12. The van der Waals surface area contributed by atoms with E-state index in [0.29, 0.717) is 18.3 Å². The molecule has 1 aromatic heterocycles. The number of anilines is 1. The van der Waals surface area contributed by atoms with Crippen LogP contribution in [0.25, 0.3) is 26.9 Å². The fraction of sp³-hybridized carbons (Fsp3) is 0.250. The molecule has 0 atom stereocenters. The Morgan fingerprint density at radius 3 is 2.56 bits per heavy atom. The summed E-state index contributed by atoms with van der Waals surface area (Å²) in [4.78, 5) is 3.74. The molecule has 1 fully saturated rings. The minimum atomic E-state index is 0.277. The lowest BCUT2D eigenvalue weighted by atomic mass is 9.88. The molecule has 1 aliphatic rings. The second-order valence-electron chi connectivity index (χ2n) is 8.78. The molecule has 4 heteroatoms. The minimum Gasteiger partial charge on any atom is -0.398 e. The van der Waals surface area contributed by atoms with Crippen molar-refractivity contribution in [3.8, 4) is 11.1 Å². The summed E-state index contributed by atoms with van der Waals surface area (Å²) in [7, 11) is 0. The molecule has 5 rings (SSSR count). The van der Waals surface area contributed by atoms with E-state index in [1.54, 1.807) is 0 Å². The number of benzene rings is 3. The molecule has 0 spiro atoms. The molecular weight excluding hydrogens is 394 g/mol. The van der Waals surface area contributed by atoms with Gasteiger partial charge in [0.15, 0.2) is 5.69 Å². The molecule has 3 aromatic carbocycles. The van der Waals surface area contributed by atoms with Crippen LogP contribution in [0.2, 0.25) is 0 Å². The maximum absolute atomic E-state index is 7.58. The Hall–Kier alpha value is -3.55. The van der Waals surface area contributed by atoms with Crippen molar-refractivity contribution in [3.05, 3.63) is 95.0 Å². The van der Waals surface area contributed by atoms with Crippen molar-refractivity contribution in [2.75, 3.05) is 5.73 Å². The fourth-order valence-corrected chi connectivity index (χ4v) is 4.66. The fourth-order valence-electron chi connectivity index (χ4n) is 4.66. The molecule has 0 amide bonds. The highest BCUT2D eigenvalue weighted by atomic mass is 16.5. The number of nitrogens with two attached hydrogens (primary N) is 1. The van der Waals surface area contributed by atoms with Crippen LogP contribution in [-0.2, 0) is 11.3 Å². The standard InChI is InChI=1S/C28H27N3O/c1-18-12-28-24(15-27(18)30-3)25(23-10-7-11-26(29)19(23)2)16-31(28)21-13-22(14-21)32-17-20-8-5-4-6-9-20/h4-12,15-16,21-22H,13-14,17,29H2,1-2H3. The van der Waals surface area contributed by atoms with Crippen LogP contribution in [0.5, 0.6) is 0 Å². The van der Waals surface area contributed by atoms with E-state index in [1.165, 1.54) is 11.1 Å². The molecule has 160 valence electrons. The van der Waals surface area contributed by atoms with Crippen molar-refractivity contribution in [2.24, 2.45) is 0 Å². The molecule has 0 saturated heterocycles. The van der Waals surface area contributed by atoms with Gasteiger partial charge in [-0.2, -0.15) is 0 Å². The smallest absolute Gasteiger partial charge is 0.190 e. The van der Waals surface area contributed by atoms with Crippen molar-refractivity contribution >= 4 is 22.3 Å². The predicted molar refractivity (Wildman–Crippen MR) is 131 cm³/mol. The zero-order valence-electron chi connectivity index (χ0n) is 18.5. The van der Waals surface area contributed by atoms with Gasteiger partial charge < -0.3 is 15.0 Å². The van der Waals surface area contributed by atoms with Gasteiger partial charge in [-0.15, -0.1) is 0 Å². The van der Waals surface area contributed by atoms with E-state index < -0.39 is 0 Å². The summed E-state index contributed by atoms with van der Waals surface area (Å²) in [5.41, 5.74) is 14.5. The molecule has 4 aromatic rings. The van der Waals surface area contributed by atoms with Crippen LogP contribution in [-0.4, -0.2) is 10.7 Å². The number of aryl methyl sites for hydroxylation is 1. The van der Waals surface area contributed by atoms with Crippen molar-refractivity contribution < 1.29 is 4.74 Å². The van der Waals surface area contributed by atoms with Gasteiger partial charge in [0.05, 0.1) is 19.3 Å². The first kappa shape index (κ1) is 20.4. The van der Waals surface area contributed by atoms with E-state index in [4.69, 9.17) is 17.0 Å². The Bertz CT molecular complexity index is 1320. The predicted octanol–water partition coefficient (Wildman–Crippen LogP) is 6.98. The molecule has 0 aliphatic heterocycles. The SMILES string of the molecule is [C-]#[N+]c1cc2c(-c3cccc(N)c3C)cn(C3CC(OCc4ccccc4)C3)c2cc1C. The minimum absolute atomic E-state index is 0.277. The van der Waals surface area contributed by atoms with Crippen molar-refractivity contribution in [2.45, 2.75) is 45.4 Å². The summed E-state index contributed by atoms with van der Waals surface area (Å²) < 4.78 is 8.53. The van der Waals surface area contributed by atoms with Crippen LogP contribution in [0, 0.1) is 20.4 Å². The van der Waals surface area contributed by atoms with E-state index in [1.807, 2.05) is 43.3 Å². The number of aromatic nitrogens is 1. The first-order chi connectivity index (χ1) is 15.5. The Balaban J connectivity index is 1.47. The first-order valence-electron chi connectivity index (χ1n) is 11.1. The monoisotopic (exact) mass is 421 g/mol. The van der Waals surface area contributed by atoms with E-state index in [0.717, 1.165) is 46.2 Å². The lowest BCUT2D eigenvalue weighted by Gasteiger charge is -2.36. The maximum Gasteiger partial charge on any atom is 0.190 e. The Morgan fingerprint density at radius 2 is 1.81 bits per heavy atom. The first-order valence-corrected chi connectivity index (χ1v) is 11.1.